The molecule has 0 radical (unpaired) electrons. The first-order valence-corrected chi connectivity index (χ1v) is 11.5. The van der Waals surface area contributed by atoms with Crippen molar-refractivity contribution in [2.75, 3.05) is 20.3 Å². The van der Waals surface area contributed by atoms with Gasteiger partial charge in [-0.25, -0.2) is 0 Å². The van der Waals surface area contributed by atoms with Crippen molar-refractivity contribution >= 4 is 0 Å². The van der Waals surface area contributed by atoms with Crippen LogP contribution in [-0.4, -0.2) is 140 Å². The highest BCUT2D eigenvalue weighted by atomic mass is 16.7. The van der Waals surface area contributed by atoms with Crippen LogP contribution in [0.25, 0.3) is 0 Å². The summed E-state index contributed by atoms with van der Waals surface area (Å²) in [5.74, 6) is -1.92. The van der Waals surface area contributed by atoms with Gasteiger partial charge in [0.05, 0.1) is 31.0 Å². The largest absolute Gasteiger partial charge is 0.396 e. The van der Waals surface area contributed by atoms with E-state index in [1.807, 2.05) is 0 Å². The maximum atomic E-state index is 10.8. The number of hydrogen-bond acceptors (Lipinski definition) is 13. The van der Waals surface area contributed by atoms with E-state index < -0.39 is 98.0 Å². The molecule has 2 saturated heterocycles. The Morgan fingerprint density at radius 2 is 1.32 bits per heavy atom. The molecule has 200 valence electrons. The van der Waals surface area contributed by atoms with Crippen LogP contribution in [0, 0.1) is 17.8 Å². The first kappa shape index (κ1) is 28.1. The van der Waals surface area contributed by atoms with Crippen molar-refractivity contribution in [1.82, 2.24) is 0 Å². The lowest BCUT2D eigenvalue weighted by Crippen LogP contribution is -2.63. The zero-order valence-corrected chi connectivity index (χ0v) is 19.1. The highest BCUT2D eigenvalue weighted by molar-refractivity contribution is 4.97. The van der Waals surface area contributed by atoms with Crippen molar-refractivity contribution in [2.45, 2.75) is 93.4 Å². The first-order valence-electron chi connectivity index (χ1n) is 11.5. The van der Waals surface area contributed by atoms with Crippen LogP contribution in [0.15, 0.2) is 0 Å². The molecule has 15 unspecified atom stereocenters. The predicted molar refractivity (Wildman–Crippen MR) is 111 cm³/mol. The second-order valence-corrected chi connectivity index (χ2v) is 9.54. The van der Waals surface area contributed by atoms with Crippen LogP contribution >= 0.6 is 0 Å². The lowest BCUT2D eigenvalue weighted by Gasteiger charge is -2.48. The van der Waals surface area contributed by atoms with Crippen molar-refractivity contribution in [1.29, 1.82) is 0 Å². The van der Waals surface area contributed by atoms with E-state index in [1.165, 1.54) is 7.11 Å². The second-order valence-electron chi connectivity index (χ2n) is 9.54. The Morgan fingerprint density at radius 1 is 0.706 bits per heavy atom. The van der Waals surface area contributed by atoms with Gasteiger partial charge in [0, 0.05) is 25.6 Å². The van der Waals surface area contributed by atoms with Crippen molar-refractivity contribution in [3.05, 3.63) is 0 Å². The Labute approximate surface area is 197 Å². The zero-order valence-electron chi connectivity index (χ0n) is 19.1. The van der Waals surface area contributed by atoms with E-state index in [0.717, 1.165) is 0 Å². The Hall–Kier alpha value is -0.520. The highest BCUT2D eigenvalue weighted by Gasteiger charge is 2.51. The maximum absolute atomic E-state index is 10.8. The highest BCUT2D eigenvalue weighted by Crippen LogP contribution is 2.39. The van der Waals surface area contributed by atoms with Crippen LogP contribution in [0.1, 0.15) is 19.8 Å². The van der Waals surface area contributed by atoms with Gasteiger partial charge in [-0.2, -0.15) is 0 Å². The molecule has 3 aliphatic rings. The zero-order chi connectivity index (χ0) is 25.3. The SMILES string of the molecule is COC1OC(CO)C(OC2OC(C)C(CC3CC(CO)C(O)C(O)C3O)C(O)C2O)C(O)C1O. The lowest BCUT2D eigenvalue weighted by atomic mass is 9.70. The Kier molecular flexibility index (Phi) is 9.64. The lowest BCUT2D eigenvalue weighted by molar-refractivity contribution is -0.352. The number of ether oxygens (including phenoxy) is 4. The monoisotopic (exact) mass is 498 g/mol. The van der Waals surface area contributed by atoms with Gasteiger partial charge in [0.1, 0.15) is 36.6 Å². The van der Waals surface area contributed by atoms with Crippen molar-refractivity contribution < 1.29 is 64.9 Å². The van der Waals surface area contributed by atoms with E-state index in [9.17, 15) is 46.0 Å². The van der Waals surface area contributed by atoms with E-state index in [4.69, 9.17) is 18.9 Å². The Balaban J connectivity index is 1.67. The Morgan fingerprint density at radius 3 is 1.91 bits per heavy atom. The van der Waals surface area contributed by atoms with Crippen LogP contribution in [0.5, 0.6) is 0 Å². The minimum absolute atomic E-state index is 0.121. The van der Waals surface area contributed by atoms with Gasteiger partial charge >= 0.3 is 0 Å². The minimum Gasteiger partial charge on any atom is -0.396 e. The van der Waals surface area contributed by atoms with Crippen LogP contribution in [0.3, 0.4) is 0 Å². The number of hydrogen-bond donors (Lipinski definition) is 9. The third-order valence-electron chi connectivity index (χ3n) is 7.44. The van der Waals surface area contributed by atoms with Gasteiger partial charge in [0.15, 0.2) is 12.6 Å². The average Bonchev–Trinajstić information content (AvgIpc) is 2.82. The van der Waals surface area contributed by atoms with Gasteiger partial charge in [0.25, 0.3) is 0 Å². The average molecular weight is 499 g/mol. The molecule has 2 heterocycles. The summed E-state index contributed by atoms with van der Waals surface area (Å²) in [5, 5.41) is 91.8. The third kappa shape index (κ3) is 5.42. The van der Waals surface area contributed by atoms with Crippen LogP contribution < -0.4 is 0 Å². The maximum Gasteiger partial charge on any atom is 0.186 e. The van der Waals surface area contributed by atoms with E-state index >= 15 is 0 Å². The van der Waals surface area contributed by atoms with Gasteiger partial charge in [-0.1, -0.05) is 0 Å². The van der Waals surface area contributed by atoms with Gasteiger partial charge in [-0.3, -0.25) is 0 Å². The molecule has 15 atom stereocenters. The summed E-state index contributed by atoms with van der Waals surface area (Å²) >= 11 is 0. The molecule has 9 N–H and O–H groups in total. The third-order valence-corrected chi connectivity index (χ3v) is 7.44. The molecule has 1 saturated carbocycles. The quantitative estimate of drug-likeness (QED) is 0.162. The summed E-state index contributed by atoms with van der Waals surface area (Å²) in [7, 11) is 1.26. The van der Waals surface area contributed by atoms with Crippen LogP contribution in [0.4, 0.5) is 0 Å². The van der Waals surface area contributed by atoms with E-state index in [0.29, 0.717) is 0 Å². The standard InChI is InChI=1S/C21H38O13/c1-7-10(4-8-3-9(5-22)13(25)15(27)12(8)24)14(26)17(29)21(32-7)34-19-11(6-23)33-20(31-2)18(30)16(19)28/h7-30H,3-6H2,1-2H3. The van der Waals surface area contributed by atoms with Crippen molar-refractivity contribution in [3.8, 4) is 0 Å². The molecule has 3 fully saturated rings. The summed E-state index contributed by atoms with van der Waals surface area (Å²) in [5.41, 5.74) is 0. The fourth-order valence-electron chi connectivity index (χ4n) is 5.29. The molecule has 0 amide bonds. The number of aliphatic hydroxyl groups excluding tert-OH is 9. The molecule has 1 aliphatic carbocycles. The fourth-order valence-corrected chi connectivity index (χ4v) is 5.29. The van der Waals surface area contributed by atoms with E-state index in [-0.39, 0.29) is 19.4 Å². The molecule has 0 bridgehead atoms. The van der Waals surface area contributed by atoms with Gasteiger partial charge < -0.3 is 64.9 Å². The summed E-state index contributed by atoms with van der Waals surface area (Å²) in [6.07, 6.45) is -15.5. The molecule has 13 heteroatoms. The second kappa shape index (κ2) is 11.7. The van der Waals surface area contributed by atoms with Crippen molar-refractivity contribution in [3.63, 3.8) is 0 Å². The minimum atomic E-state index is -1.59. The molecule has 3 rings (SSSR count). The summed E-state index contributed by atoms with van der Waals surface area (Å²) < 4.78 is 21.7. The smallest absolute Gasteiger partial charge is 0.186 e. The number of methoxy groups -OCH3 is 1. The van der Waals surface area contributed by atoms with E-state index in [1.54, 1.807) is 6.92 Å². The molecule has 2 aliphatic heterocycles. The summed E-state index contributed by atoms with van der Waals surface area (Å²) in [6.45, 7) is 0.651. The van der Waals surface area contributed by atoms with E-state index in [2.05, 4.69) is 0 Å². The van der Waals surface area contributed by atoms with Gasteiger partial charge in [0.2, 0.25) is 0 Å². The summed E-state index contributed by atoms with van der Waals surface area (Å²) in [4.78, 5) is 0. The normalized spacial score (nSPS) is 52.5. The van der Waals surface area contributed by atoms with Crippen LogP contribution in [-0.2, 0) is 18.9 Å². The van der Waals surface area contributed by atoms with Gasteiger partial charge in [-0.15, -0.1) is 0 Å². The topological polar surface area (TPSA) is 219 Å². The molecule has 13 nitrogen and oxygen atoms in total. The molecule has 0 spiro atoms. The summed E-state index contributed by atoms with van der Waals surface area (Å²) in [6, 6.07) is 0. The molecule has 0 aromatic rings. The molecule has 34 heavy (non-hydrogen) atoms. The molecule has 0 aromatic heterocycles. The van der Waals surface area contributed by atoms with Crippen LogP contribution in [0.2, 0.25) is 0 Å². The molecular weight excluding hydrogens is 460 g/mol. The fraction of sp³-hybridized carbons (Fsp3) is 1.00. The molecular formula is C21H38O13. The van der Waals surface area contributed by atoms with Crippen molar-refractivity contribution in [2.24, 2.45) is 17.8 Å². The predicted octanol–water partition coefficient (Wildman–Crippen LogP) is -4.36. The number of aliphatic hydroxyl groups is 9. The molecule has 0 aromatic carbocycles. The number of rotatable bonds is 7. The van der Waals surface area contributed by atoms with Gasteiger partial charge in [-0.05, 0) is 25.7 Å². The first-order chi connectivity index (χ1) is 16.0. The Bertz CT molecular complexity index is 636.